The van der Waals surface area contributed by atoms with Crippen LogP contribution in [-0.4, -0.2) is 24.2 Å². The van der Waals surface area contributed by atoms with E-state index in [0.717, 1.165) is 5.56 Å². The van der Waals surface area contributed by atoms with Crippen molar-refractivity contribution in [3.8, 4) is 11.5 Å². The van der Waals surface area contributed by atoms with E-state index in [4.69, 9.17) is 19.9 Å². The third kappa shape index (κ3) is 6.98. The third-order valence-electron chi connectivity index (χ3n) is 7.48. The van der Waals surface area contributed by atoms with Crippen LogP contribution in [0.2, 0.25) is 0 Å². The molecule has 1 aliphatic rings. The van der Waals surface area contributed by atoms with E-state index < -0.39 is 30.3 Å². The highest BCUT2D eigenvalue weighted by atomic mass is 19.4. The molecular formula is C34H32F3N3O5. The van der Waals surface area contributed by atoms with Gasteiger partial charge < -0.3 is 30.2 Å². The summed E-state index contributed by atoms with van der Waals surface area (Å²) in [5.41, 5.74) is 10.5. The van der Waals surface area contributed by atoms with Crippen LogP contribution in [0.4, 0.5) is 35.9 Å². The highest BCUT2D eigenvalue weighted by Gasteiger charge is 2.44. The predicted octanol–water partition coefficient (Wildman–Crippen LogP) is 7.38. The van der Waals surface area contributed by atoms with E-state index in [1.165, 1.54) is 25.1 Å². The topological polar surface area (TPSA) is 103 Å². The first-order chi connectivity index (χ1) is 21.4. The summed E-state index contributed by atoms with van der Waals surface area (Å²) in [6, 6.07) is 24.3. The molecule has 3 N–H and O–H groups in total. The Morgan fingerprint density at radius 3 is 2.40 bits per heavy atom. The number of benzene rings is 4. The quantitative estimate of drug-likeness (QED) is 0.149. The number of esters is 1. The standard InChI is InChI=1S/C34H32F3N3O5/c1-20-24(11-7-12-27(20)39-28-13-8-14-29(31(28)38)43-19-23-9-5-4-6-10-23)18-40(33(42)34(35,36)37)25-15-16-26-30(17-25)44-21(2)32(26)45-22(3)41/h4-17,21,32,39H,18-19,38H2,1-3H3/t21?,32-/m1/s1. The molecule has 0 bridgehead atoms. The molecule has 4 aromatic rings. The van der Waals surface area contributed by atoms with Crippen LogP contribution in [0.5, 0.6) is 11.5 Å². The molecule has 1 aliphatic heterocycles. The van der Waals surface area contributed by atoms with E-state index in [1.54, 1.807) is 50.2 Å². The van der Waals surface area contributed by atoms with Crippen LogP contribution in [-0.2, 0) is 27.5 Å². The molecule has 0 saturated heterocycles. The average Bonchev–Trinajstić information content (AvgIpc) is 3.30. The van der Waals surface area contributed by atoms with Gasteiger partial charge in [-0.15, -0.1) is 0 Å². The summed E-state index contributed by atoms with van der Waals surface area (Å²) in [5.74, 6) is -1.83. The van der Waals surface area contributed by atoms with Crippen molar-refractivity contribution in [3.05, 3.63) is 107 Å². The van der Waals surface area contributed by atoms with Gasteiger partial charge >= 0.3 is 18.1 Å². The van der Waals surface area contributed by atoms with E-state index in [9.17, 15) is 22.8 Å². The predicted molar refractivity (Wildman–Crippen MR) is 164 cm³/mol. The highest BCUT2D eigenvalue weighted by Crippen LogP contribution is 2.42. The average molecular weight is 620 g/mol. The van der Waals surface area contributed by atoms with E-state index in [-0.39, 0.29) is 18.0 Å². The lowest BCUT2D eigenvalue weighted by molar-refractivity contribution is -0.170. The Morgan fingerprint density at radius 2 is 1.69 bits per heavy atom. The molecule has 11 heteroatoms. The van der Waals surface area contributed by atoms with E-state index in [0.29, 0.717) is 51.0 Å². The fourth-order valence-electron chi connectivity index (χ4n) is 5.13. The van der Waals surface area contributed by atoms with Gasteiger partial charge in [0.05, 0.1) is 17.9 Å². The second kappa shape index (κ2) is 12.8. The molecule has 0 aliphatic carbocycles. The molecule has 0 spiro atoms. The second-order valence-corrected chi connectivity index (χ2v) is 10.7. The van der Waals surface area contributed by atoms with Gasteiger partial charge in [-0.25, -0.2) is 0 Å². The molecule has 2 atom stereocenters. The maximum atomic E-state index is 13.8. The van der Waals surface area contributed by atoms with Crippen LogP contribution < -0.4 is 25.4 Å². The largest absolute Gasteiger partial charge is 0.487 e. The minimum absolute atomic E-state index is 0.0166. The van der Waals surface area contributed by atoms with Crippen LogP contribution in [0.25, 0.3) is 0 Å². The second-order valence-electron chi connectivity index (χ2n) is 10.7. The number of hydrogen-bond acceptors (Lipinski definition) is 7. The molecular weight excluding hydrogens is 587 g/mol. The van der Waals surface area contributed by atoms with Crippen LogP contribution in [0, 0.1) is 6.92 Å². The lowest BCUT2D eigenvalue weighted by atomic mass is 10.0. The Labute approximate surface area is 258 Å². The minimum Gasteiger partial charge on any atom is -0.487 e. The number of nitrogens with two attached hydrogens (primary N) is 1. The molecule has 45 heavy (non-hydrogen) atoms. The maximum Gasteiger partial charge on any atom is 0.471 e. The molecule has 0 fully saturated rings. The van der Waals surface area contributed by atoms with Crippen molar-refractivity contribution in [2.45, 2.75) is 52.3 Å². The minimum atomic E-state index is -5.13. The lowest BCUT2D eigenvalue weighted by Crippen LogP contribution is -2.41. The highest BCUT2D eigenvalue weighted by molar-refractivity contribution is 5.97. The summed E-state index contributed by atoms with van der Waals surface area (Å²) < 4.78 is 58.5. The first-order valence-corrected chi connectivity index (χ1v) is 14.2. The molecule has 0 saturated carbocycles. The zero-order valence-corrected chi connectivity index (χ0v) is 24.9. The van der Waals surface area contributed by atoms with Gasteiger partial charge in [0.25, 0.3) is 0 Å². The Hall–Kier alpha value is -5.19. The number of ether oxygens (including phenoxy) is 3. The molecule has 0 aromatic heterocycles. The zero-order chi connectivity index (χ0) is 32.3. The number of amides is 1. The Kier molecular flexibility index (Phi) is 8.89. The zero-order valence-electron chi connectivity index (χ0n) is 24.9. The smallest absolute Gasteiger partial charge is 0.471 e. The summed E-state index contributed by atoms with van der Waals surface area (Å²) in [4.78, 5) is 24.9. The molecule has 234 valence electrons. The van der Waals surface area contributed by atoms with E-state index in [1.807, 2.05) is 30.3 Å². The van der Waals surface area contributed by atoms with Gasteiger partial charge in [0.1, 0.15) is 24.2 Å². The molecule has 1 amide bonds. The van der Waals surface area contributed by atoms with Crippen molar-refractivity contribution in [1.82, 2.24) is 0 Å². The van der Waals surface area contributed by atoms with Crippen LogP contribution in [0.1, 0.15) is 42.2 Å². The van der Waals surface area contributed by atoms with Gasteiger partial charge in [-0.05, 0) is 60.9 Å². The summed E-state index contributed by atoms with van der Waals surface area (Å²) in [6.07, 6.45) is -6.39. The molecule has 0 radical (unpaired) electrons. The first kappa shape index (κ1) is 31.2. The number of nitrogen functional groups attached to an aromatic ring is 1. The number of hydrogen-bond donors (Lipinski definition) is 2. The number of carbonyl (C=O) groups is 2. The number of halogens is 3. The van der Waals surface area contributed by atoms with Crippen LogP contribution >= 0.6 is 0 Å². The summed E-state index contributed by atoms with van der Waals surface area (Å²) in [6.45, 7) is 4.64. The van der Waals surface area contributed by atoms with Crippen molar-refractivity contribution in [1.29, 1.82) is 0 Å². The van der Waals surface area contributed by atoms with Gasteiger partial charge in [-0.1, -0.05) is 48.5 Å². The Morgan fingerprint density at radius 1 is 0.978 bits per heavy atom. The van der Waals surface area contributed by atoms with Gasteiger partial charge in [0.15, 0.2) is 6.10 Å². The van der Waals surface area contributed by atoms with Gasteiger partial charge in [0, 0.05) is 29.9 Å². The summed E-state index contributed by atoms with van der Waals surface area (Å²) in [5, 5.41) is 3.26. The Balaban J connectivity index is 1.41. The fraction of sp³-hybridized carbons (Fsp3) is 0.235. The van der Waals surface area contributed by atoms with Crippen molar-refractivity contribution in [3.63, 3.8) is 0 Å². The number of rotatable bonds is 9. The van der Waals surface area contributed by atoms with Gasteiger partial charge in [0.2, 0.25) is 0 Å². The summed E-state index contributed by atoms with van der Waals surface area (Å²) in [7, 11) is 0. The fourth-order valence-corrected chi connectivity index (χ4v) is 5.13. The lowest BCUT2D eigenvalue weighted by Gasteiger charge is -2.26. The number of nitrogens with one attached hydrogen (secondary N) is 1. The monoisotopic (exact) mass is 619 g/mol. The van der Waals surface area contributed by atoms with Crippen LogP contribution in [0.3, 0.4) is 0 Å². The number of carbonyl (C=O) groups excluding carboxylic acids is 2. The molecule has 8 nitrogen and oxygen atoms in total. The summed E-state index contributed by atoms with van der Waals surface area (Å²) >= 11 is 0. The maximum absolute atomic E-state index is 13.8. The number of alkyl halides is 3. The van der Waals surface area contributed by atoms with Crippen LogP contribution in [0.15, 0.2) is 84.9 Å². The SMILES string of the molecule is CC(=O)O[C@H]1c2ccc(N(Cc3cccc(Nc4cccc(OCc5ccccc5)c4N)c3C)C(=O)C(F)(F)F)cc2OC1C. The van der Waals surface area contributed by atoms with Crippen molar-refractivity contribution < 1.29 is 37.0 Å². The van der Waals surface area contributed by atoms with Crippen molar-refractivity contribution in [2.24, 2.45) is 0 Å². The molecule has 4 aromatic carbocycles. The molecule has 5 rings (SSSR count). The number of para-hydroxylation sites is 1. The third-order valence-corrected chi connectivity index (χ3v) is 7.48. The number of nitrogens with zero attached hydrogens (tertiary/aromatic N) is 1. The number of fused-ring (bicyclic) bond motifs is 1. The number of anilines is 4. The van der Waals surface area contributed by atoms with Gasteiger partial charge in [-0.2, -0.15) is 13.2 Å². The Bertz CT molecular complexity index is 1710. The molecule has 1 heterocycles. The molecule has 1 unspecified atom stereocenters. The van der Waals surface area contributed by atoms with E-state index in [2.05, 4.69) is 5.32 Å². The van der Waals surface area contributed by atoms with Crippen molar-refractivity contribution in [2.75, 3.05) is 16.0 Å². The van der Waals surface area contributed by atoms with Crippen molar-refractivity contribution >= 4 is 34.6 Å². The van der Waals surface area contributed by atoms with Gasteiger partial charge in [-0.3, -0.25) is 9.59 Å². The first-order valence-electron chi connectivity index (χ1n) is 14.2. The van der Waals surface area contributed by atoms with E-state index >= 15 is 0 Å². The normalized spacial score (nSPS) is 15.5.